The highest BCUT2D eigenvalue weighted by Gasteiger charge is 2.40. The standard InChI is InChI=1S/C26H30N2O4/c1-17-7-5-8-18(13-17)16-32-23-12-11-19(14-24(23)31-4)20-15-25(30)28(27(2)3)21-9-6-10-22(29)26(20)21/h5,7-8,11-14,20H,6,9-10,15-16H2,1-4H3. The van der Waals surface area contributed by atoms with E-state index < -0.39 is 0 Å². The van der Waals surface area contributed by atoms with E-state index in [-0.39, 0.29) is 24.0 Å². The molecule has 4 rings (SSSR count). The van der Waals surface area contributed by atoms with Crippen molar-refractivity contribution in [2.45, 2.75) is 45.1 Å². The van der Waals surface area contributed by atoms with E-state index >= 15 is 0 Å². The van der Waals surface area contributed by atoms with Crippen LogP contribution in [0.25, 0.3) is 0 Å². The predicted octanol–water partition coefficient (Wildman–Crippen LogP) is 4.38. The molecule has 1 atom stereocenters. The number of allylic oxidation sites excluding steroid dienone is 2. The fraction of sp³-hybridized carbons (Fsp3) is 0.385. The van der Waals surface area contributed by atoms with Gasteiger partial charge in [-0.1, -0.05) is 35.9 Å². The molecule has 1 amide bonds. The van der Waals surface area contributed by atoms with Crippen LogP contribution >= 0.6 is 0 Å². The van der Waals surface area contributed by atoms with Crippen molar-refractivity contribution in [2.75, 3.05) is 21.2 Å². The Morgan fingerprint density at radius 3 is 2.59 bits per heavy atom. The maximum atomic E-state index is 13.0. The molecule has 1 aliphatic carbocycles. The summed E-state index contributed by atoms with van der Waals surface area (Å²) in [5.74, 6) is 1.12. The van der Waals surface area contributed by atoms with E-state index in [0.717, 1.165) is 35.2 Å². The second kappa shape index (κ2) is 9.17. The van der Waals surface area contributed by atoms with E-state index in [1.165, 1.54) is 5.56 Å². The predicted molar refractivity (Wildman–Crippen MR) is 122 cm³/mol. The molecule has 2 aromatic rings. The highest BCUT2D eigenvalue weighted by Crippen LogP contribution is 2.43. The molecule has 2 aromatic carbocycles. The Hall–Kier alpha value is -3.12. The van der Waals surface area contributed by atoms with Gasteiger partial charge in [0.15, 0.2) is 17.3 Å². The van der Waals surface area contributed by atoms with Crippen molar-refractivity contribution >= 4 is 11.7 Å². The zero-order valence-corrected chi connectivity index (χ0v) is 19.2. The van der Waals surface area contributed by atoms with Crippen molar-refractivity contribution in [3.63, 3.8) is 0 Å². The Kier molecular flexibility index (Phi) is 6.33. The first-order valence-electron chi connectivity index (χ1n) is 11.0. The Morgan fingerprint density at radius 1 is 1.06 bits per heavy atom. The summed E-state index contributed by atoms with van der Waals surface area (Å²) in [5.41, 5.74) is 4.77. The van der Waals surface area contributed by atoms with Crippen LogP contribution in [0.15, 0.2) is 53.7 Å². The van der Waals surface area contributed by atoms with E-state index in [2.05, 4.69) is 19.1 Å². The average molecular weight is 435 g/mol. The van der Waals surface area contributed by atoms with Gasteiger partial charge in [-0.05, 0) is 43.0 Å². The lowest BCUT2D eigenvalue weighted by atomic mass is 9.77. The smallest absolute Gasteiger partial charge is 0.242 e. The maximum absolute atomic E-state index is 13.0. The SMILES string of the molecule is COc1cc(C2CC(=O)N(N(C)C)C3=C2C(=O)CCC3)ccc1OCc1cccc(C)c1. The molecule has 2 aliphatic rings. The summed E-state index contributed by atoms with van der Waals surface area (Å²) >= 11 is 0. The van der Waals surface area contributed by atoms with Gasteiger partial charge in [-0.3, -0.25) is 9.59 Å². The summed E-state index contributed by atoms with van der Waals surface area (Å²) in [5, 5.41) is 3.44. The minimum atomic E-state index is -0.263. The van der Waals surface area contributed by atoms with Gasteiger partial charge in [0.25, 0.3) is 0 Å². The Labute approximate surface area is 189 Å². The number of benzene rings is 2. The highest BCUT2D eigenvalue weighted by molar-refractivity contribution is 6.01. The van der Waals surface area contributed by atoms with Gasteiger partial charge in [0, 0.05) is 44.1 Å². The number of aryl methyl sites for hydroxylation is 1. The Bertz CT molecular complexity index is 1070. The number of ketones is 1. The number of carbonyl (C=O) groups is 2. The summed E-state index contributed by atoms with van der Waals surface area (Å²) in [6, 6.07) is 13.9. The molecule has 0 aromatic heterocycles. The second-order valence-electron chi connectivity index (χ2n) is 8.63. The molecule has 0 N–H and O–H groups in total. The van der Waals surface area contributed by atoms with Gasteiger partial charge in [0.1, 0.15) is 6.61 Å². The quantitative estimate of drug-likeness (QED) is 0.675. The van der Waals surface area contributed by atoms with Crippen molar-refractivity contribution in [1.82, 2.24) is 10.0 Å². The lowest BCUT2D eigenvalue weighted by Gasteiger charge is -2.41. The number of methoxy groups -OCH3 is 1. The van der Waals surface area contributed by atoms with Crippen LogP contribution in [0.2, 0.25) is 0 Å². The summed E-state index contributed by atoms with van der Waals surface area (Å²) in [6.45, 7) is 2.49. The number of Topliss-reactive ketones (excluding diaryl/α,β-unsaturated/α-hetero) is 1. The van der Waals surface area contributed by atoms with Crippen LogP contribution in [-0.4, -0.2) is 42.9 Å². The van der Waals surface area contributed by atoms with Crippen molar-refractivity contribution in [1.29, 1.82) is 0 Å². The average Bonchev–Trinajstić information content (AvgIpc) is 2.77. The van der Waals surface area contributed by atoms with Crippen molar-refractivity contribution in [2.24, 2.45) is 0 Å². The first-order chi connectivity index (χ1) is 15.4. The summed E-state index contributed by atoms with van der Waals surface area (Å²) in [4.78, 5) is 25.9. The molecule has 0 fully saturated rings. The number of rotatable bonds is 6. The first kappa shape index (κ1) is 22.1. The summed E-state index contributed by atoms with van der Waals surface area (Å²) in [6.07, 6.45) is 2.29. The van der Waals surface area contributed by atoms with Gasteiger partial charge in [-0.25, -0.2) is 10.0 Å². The molecule has 32 heavy (non-hydrogen) atoms. The molecular formula is C26H30N2O4. The molecule has 0 saturated heterocycles. The topological polar surface area (TPSA) is 59.1 Å². The van der Waals surface area contributed by atoms with Crippen molar-refractivity contribution in [3.05, 3.63) is 70.4 Å². The van der Waals surface area contributed by atoms with E-state index in [1.807, 2.05) is 44.4 Å². The molecule has 168 valence electrons. The fourth-order valence-electron chi connectivity index (χ4n) is 4.71. The monoisotopic (exact) mass is 434 g/mol. The lowest BCUT2D eigenvalue weighted by molar-refractivity contribution is -0.143. The summed E-state index contributed by atoms with van der Waals surface area (Å²) < 4.78 is 11.6. The maximum Gasteiger partial charge on any atom is 0.242 e. The lowest BCUT2D eigenvalue weighted by Crippen LogP contribution is -2.47. The van der Waals surface area contributed by atoms with Crippen LogP contribution in [0, 0.1) is 6.92 Å². The van der Waals surface area contributed by atoms with E-state index in [1.54, 1.807) is 17.1 Å². The van der Waals surface area contributed by atoms with Crippen LogP contribution in [0.4, 0.5) is 0 Å². The molecule has 1 unspecified atom stereocenters. The third-order valence-corrected chi connectivity index (χ3v) is 6.11. The minimum Gasteiger partial charge on any atom is -0.493 e. The summed E-state index contributed by atoms with van der Waals surface area (Å²) in [7, 11) is 5.28. The highest BCUT2D eigenvalue weighted by atomic mass is 16.5. The van der Waals surface area contributed by atoms with Crippen molar-refractivity contribution < 1.29 is 19.1 Å². The van der Waals surface area contributed by atoms with E-state index in [4.69, 9.17) is 9.47 Å². The number of hydrogen-bond donors (Lipinski definition) is 0. The van der Waals surface area contributed by atoms with E-state index in [9.17, 15) is 9.59 Å². The molecule has 0 saturated carbocycles. The number of carbonyl (C=O) groups excluding carboxylic acids is 2. The molecule has 0 radical (unpaired) electrons. The minimum absolute atomic E-state index is 0.00666. The molecule has 0 bridgehead atoms. The molecule has 1 heterocycles. The number of hydrazine groups is 1. The molecule has 6 heteroatoms. The normalized spacial score (nSPS) is 18.8. The number of ether oxygens (including phenoxy) is 2. The van der Waals surface area contributed by atoms with Crippen LogP contribution in [0.1, 0.15) is 48.3 Å². The van der Waals surface area contributed by atoms with Gasteiger partial charge in [0.2, 0.25) is 5.91 Å². The third kappa shape index (κ3) is 4.28. The fourth-order valence-corrected chi connectivity index (χ4v) is 4.71. The molecular weight excluding hydrogens is 404 g/mol. The number of nitrogens with zero attached hydrogens (tertiary/aromatic N) is 2. The molecule has 0 spiro atoms. The van der Waals surface area contributed by atoms with Crippen molar-refractivity contribution in [3.8, 4) is 11.5 Å². The zero-order chi connectivity index (χ0) is 22.8. The Balaban J connectivity index is 1.65. The van der Waals surface area contributed by atoms with Crippen LogP contribution in [0.3, 0.4) is 0 Å². The van der Waals surface area contributed by atoms with Crippen LogP contribution < -0.4 is 9.47 Å². The van der Waals surface area contributed by atoms with Gasteiger partial charge in [-0.2, -0.15) is 0 Å². The largest absolute Gasteiger partial charge is 0.493 e. The van der Waals surface area contributed by atoms with Crippen LogP contribution in [-0.2, 0) is 16.2 Å². The van der Waals surface area contributed by atoms with Gasteiger partial charge in [-0.15, -0.1) is 0 Å². The Morgan fingerprint density at radius 2 is 1.88 bits per heavy atom. The van der Waals surface area contributed by atoms with Gasteiger partial charge >= 0.3 is 0 Å². The van der Waals surface area contributed by atoms with Crippen LogP contribution in [0.5, 0.6) is 11.5 Å². The molecule has 1 aliphatic heterocycles. The number of hydrogen-bond acceptors (Lipinski definition) is 5. The molecule has 6 nitrogen and oxygen atoms in total. The van der Waals surface area contributed by atoms with E-state index in [0.29, 0.717) is 24.5 Å². The second-order valence-corrected chi connectivity index (χ2v) is 8.63. The number of amides is 1. The van der Waals surface area contributed by atoms with Gasteiger partial charge in [0.05, 0.1) is 7.11 Å². The zero-order valence-electron chi connectivity index (χ0n) is 19.2. The van der Waals surface area contributed by atoms with Gasteiger partial charge < -0.3 is 9.47 Å². The first-order valence-corrected chi connectivity index (χ1v) is 11.0. The third-order valence-electron chi connectivity index (χ3n) is 6.11.